The van der Waals surface area contributed by atoms with Gasteiger partial charge in [0, 0.05) is 67.9 Å². The molecular formula is C30H30N4O4. The number of pyridine rings is 2. The number of aromatic amines is 1. The fraction of sp³-hybridized carbons (Fsp3) is 0.267. The van der Waals surface area contributed by atoms with Gasteiger partial charge < -0.3 is 29.4 Å². The molecule has 38 heavy (non-hydrogen) atoms. The fourth-order valence-electron chi connectivity index (χ4n) is 5.05. The van der Waals surface area contributed by atoms with Crippen LogP contribution in [-0.4, -0.2) is 43.4 Å². The minimum absolute atomic E-state index is 0.128. The Kier molecular flexibility index (Phi) is 6.81. The van der Waals surface area contributed by atoms with E-state index in [-0.39, 0.29) is 5.56 Å². The third-order valence-electron chi connectivity index (χ3n) is 6.92. The molecule has 2 aliphatic heterocycles. The van der Waals surface area contributed by atoms with E-state index in [1.165, 1.54) is 0 Å². The Morgan fingerprint density at radius 1 is 1.05 bits per heavy atom. The Morgan fingerprint density at radius 2 is 1.95 bits per heavy atom. The lowest BCUT2D eigenvalue weighted by atomic mass is 9.96. The molecule has 2 aromatic heterocycles. The van der Waals surface area contributed by atoms with E-state index in [0.29, 0.717) is 26.4 Å². The zero-order chi connectivity index (χ0) is 25.9. The molecule has 0 saturated carbocycles. The minimum atomic E-state index is -0.128. The van der Waals surface area contributed by atoms with E-state index in [0.717, 1.165) is 76.0 Å². The van der Waals surface area contributed by atoms with Gasteiger partial charge in [-0.3, -0.25) is 9.78 Å². The molecule has 0 radical (unpaired) electrons. The Bertz CT molecular complexity index is 1510. The van der Waals surface area contributed by atoms with Gasteiger partial charge in [0.15, 0.2) is 0 Å². The topological polar surface area (TPSA) is 88.7 Å². The normalized spacial score (nSPS) is 14.4. The van der Waals surface area contributed by atoms with E-state index in [1.807, 2.05) is 48.7 Å². The third kappa shape index (κ3) is 5.14. The number of fused-ring (bicyclic) bond motifs is 2. The van der Waals surface area contributed by atoms with Crippen LogP contribution in [0.4, 0.5) is 11.4 Å². The van der Waals surface area contributed by atoms with Gasteiger partial charge in [-0.25, -0.2) is 0 Å². The molecule has 6 rings (SSSR count). The van der Waals surface area contributed by atoms with Crippen molar-refractivity contribution in [2.75, 3.05) is 43.6 Å². The van der Waals surface area contributed by atoms with Crippen LogP contribution in [0.2, 0.25) is 0 Å². The van der Waals surface area contributed by atoms with E-state index in [1.54, 1.807) is 13.2 Å². The van der Waals surface area contributed by atoms with E-state index in [4.69, 9.17) is 14.2 Å². The van der Waals surface area contributed by atoms with Crippen molar-refractivity contribution in [3.05, 3.63) is 99.6 Å². The molecule has 0 atom stereocenters. The van der Waals surface area contributed by atoms with Crippen LogP contribution in [0.3, 0.4) is 0 Å². The summed E-state index contributed by atoms with van der Waals surface area (Å²) in [5, 5.41) is 3.51. The van der Waals surface area contributed by atoms with Gasteiger partial charge in [-0.15, -0.1) is 0 Å². The zero-order valence-electron chi connectivity index (χ0n) is 21.3. The number of ether oxygens (including phenoxy) is 3. The second-order valence-corrected chi connectivity index (χ2v) is 9.55. The van der Waals surface area contributed by atoms with Crippen molar-refractivity contribution < 1.29 is 14.2 Å². The second-order valence-electron chi connectivity index (χ2n) is 9.55. The van der Waals surface area contributed by atoms with Gasteiger partial charge in [-0.05, 0) is 53.6 Å². The predicted octanol–water partition coefficient (Wildman–Crippen LogP) is 4.73. The number of anilines is 2. The molecule has 194 valence electrons. The molecule has 0 bridgehead atoms. The van der Waals surface area contributed by atoms with Crippen molar-refractivity contribution >= 4 is 11.4 Å². The number of nitrogens with one attached hydrogen (secondary N) is 2. The predicted molar refractivity (Wildman–Crippen MR) is 147 cm³/mol. The van der Waals surface area contributed by atoms with Gasteiger partial charge in [0.05, 0.1) is 31.2 Å². The smallest absolute Gasteiger partial charge is 0.250 e. The summed E-state index contributed by atoms with van der Waals surface area (Å²) in [4.78, 5) is 22.1. The standard InChI is InChI=1S/C30H30N4O4/c1-36-19-24-13-20(7-8-31-24)18-32-23-5-6-28-22(15-23)14-21-3-2-4-26(30(21)38-28)27-16-25(17-29(35)33-27)34-9-11-37-12-10-34/h2-8,13,15-17,32H,9-12,14,18-19H2,1H3,(H,33,35). The van der Waals surface area contributed by atoms with Gasteiger partial charge in [0.2, 0.25) is 5.56 Å². The van der Waals surface area contributed by atoms with Crippen molar-refractivity contribution in [1.29, 1.82) is 0 Å². The lowest BCUT2D eigenvalue weighted by Crippen LogP contribution is -2.36. The van der Waals surface area contributed by atoms with Gasteiger partial charge in [-0.2, -0.15) is 0 Å². The summed E-state index contributed by atoms with van der Waals surface area (Å²) >= 11 is 0. The van der Waals surface area contributed by atoms with Crippen molar-refractivity contribution in [2.24, 2.45) is 0 Å². The monoisotopic (exact) mass is 510 g/mol. The van der Waals surface area contributed by atoms with Crippen LogP contribution in [0.25, 0.3) is 11.3 Å². The first kappa shape index (κ1) is 24.2. The molecule has 2 aromatic carbocycles. The lowest BCUT2D eigenvalue weighted by Gasteiger charge is -2.29. The average molecular weight is 511 g/mol. The summed E-state index contributed by atoms with van der Waals surface area (Å²) in [5.74, 6) is 1.62. The Morgan fingerprint density at radius 3 is 2.82 bits per heavy atom. The molecule has 8 heteroatoms. The largest absolute Gasteiger partial charge is 0.456 e. The summed E-state index contributed by atoms with van der Waals surface area (Å²) in [6.07, 6.45) is 2.55. The molecule has 4 aromatic rings. The van der Waals surface area contributed by atoms with Gasteiger partial charge in [-0.1, -0.05) is 12.1 Å². The molecule has 0 amide bonds. The van der Waals surface area contributed by atoms with Crippen LogP contribution in [0.5, 0.6) is 11.5 Å². The molecule has 0 unspecified atom stereocenters. The molecule has 0 spiro atoms. The number of para-hydroxylation sites is 1. The molecule has 0 aliphatic carbocycles. The maximum atomic E-state index is 12.6. The van der Waals surface area contributed by atoms with E-state index >= 15 is 0 Å². The van der Waals surface area contributed by atoms with Gasteiger partial charge in [0.25, 0.3) is 0 Å². The summed E-state index contributed by atoms with van der Waals surface area (Å²) in [5.41, 5.74) is 7.69. The molecule has 1 saturated heterocycles. The first-order valence-corrected chi connectivity index (χ1v) is 12.8. The van der Waals surface area contributed by atoms with Gasteiger partial charge in [0.1, 0.15) is 11.5 Å². The summed E-state index contributed by atoms with van der Waals surface area (Å²) < 4.78 is 17.1. The minimum Gasteiger partial charge on any atom is -0.456 e. The molecule has 2 N–H and O–H groups in total. The molecule has 8 nitrogen and oxygen atoms in total. The highest BCUT2D eigenvalue weighted by atomic mass is 16.5. The number of nitrogens with zero attached hydrogens (tertiary/aromatic N) is 2. The highest BCUT2D eigenvalue weighted by Crippen LogP contribution is 2.43. The van der Waals surface area contributed by atoms with Crippen LogP contribution in [0, 0.1) is 0 Å². The van der Waals surface area contributed by atoms with Crippen molar-refractivity contribution in [3.63, 3.8) is 0 Å². The first-order valence-electron chi connectivity index (χ1n) is 12.8. The fourth-order valence-corrected chi connectivity index (χ4v) is 5.05. The van der Waals surface area contributed by atoms with Crippen molar-refractivity contribution in [3.8, 4) is 22.8 Å². The third-order valence-corrected chi connectivity index (χ3v) is 6.92. The summed E-state index contributed by atoms with van der Waals surface area (Å²) in [6, 6.07) is 20.0. The average Bonchev–Trinajstić information content (AvgIpc) is 2.95. The Hall–Kier alpha value is -4.14. The molecular weight excluding hydrogens is 480 g/mol. The lowest BCUT2D eigenvalue weighted by molar-refractivity contribution is 0.122. The second kappa shape index (κ2) is 10.7. The quantitative estimate of drug-likeness (QED) is 0.327. The van der Waals surface area contributed by atoms with Crippen LogP contribution in [0.15, 0.2) is 71.7 Å². The molecule has 1 fully saturated rings. The van der Waals surface area contributed by atoms with Crippen LogP contribution >= 0.6 is 0 Å². The highest BCUT2D eigenvalue weighted by molar-refractivity contribution is 5.74. The number of aromatic nitrogens is 2. The van der Waals surface area contributed by atoms with E-state index in [9.17, 15) is 4.79 Å². The van der Waals surface area contributed by atoms with E-state index in [2.05, 4.69) is 32.3 Å². The Balaban J connectivity index is 1.23. The molecule has 2 aliphatic rings. The maximum Gasteiger partial charge on any atom is 0.250 e. The number of methoxy groups -OCH3 is 1. The van der Waals surface area contributed by atoms with Crippen LogP contribution in [0.1, 0.15) is 22.4 Å². The van der Waals surface area contributed by atoms with Crippen molar-refractivity contribution in [1.82, 2.24) is 9.97 Å². The number of benzene rings is 2. The first-order chi connectivity index (χ1) is 18.7. The number of H-pyrrole nitrogens is 1. The zero-order valence-corrected chi connectivity index (χ0v) is 21.3. The number of hydrogen-bond donors (Lipinski definition) is 2. The number of rotatable bonds is 7. The van der Waals surface area contributed by atoms with Crippen molar-refractivity contribution in [2.45, 2.75) is 19.6 Å². The Labute approximate surface area is 221 Å². The van der Waals surface area contributed by atoms with Gasteiger partial charge >= 0.3 is 0 Å². The number of hydrogen-bond acceptors (Lipinski definition) is 7. The molecule has 4 heterocycles. The summed E-state index contributed by atoms with van der Waals surface area (Å²) in [6.45, 7) is 4.05. The maximum absolute atomic E-state index is 12.6. The highest BCUT2D eigenvalue weighted by Gasteiger charge is 2.22. The van der Waals surface area contributed by atoms with Crippen LogP contribution < -0.4 is 20.5 Å². The van der Waals surface area contributed by atoms with E-state index < -0.39 is 0 Å². The summed E-state index contributed by atoms with van der Waals surface area (Å²) in [7, 11) is 1.67. The number of morpholine rings is 1. The SMILES string of the molecule is COCc1cc(CNc2ccc3c(c2)Cc2cccc(-c4cc(N5CCOCC5)cc(=O)[nH]4)c2O3)ccn1. The van der Waals surface area contributed by atoms with Crippen LogP contribution in [-0.2, 0) is 29.0 Å².